The van der Waals surface area contributed by atoms with Gasteiger partial charge in [-0.05, 0) is 43.3 Å². The molecule has 0 bridgehead atoms. The number of hydrogen-bond donors (Lipinski definition) is 2. The molecule has 1 fully saturated rings. The van der Waals surface area contributed by atoms with Crippen molar-refractivity contribution < 1.29 is 9.15 Å². The van der Waals surface area contributed by atoms with Crippen LogP contribution in [0.3, 0.4) is 0 Å². The number of aryl methyl sites for hydroxylation is 1. The van der Waals surface area contributed by atoms with E-state index < -0.39 is 0 Å². The number of thiocarbonyl (C=S) groups is 1. The van der Waals surface area contributed by atoms with Crippen molar-refractivity contribution >= 4 is 34.1 Å². The second-order valence-electron chi connectivity index (χ2n) is 4.89. The molecule has 20 heavy (non-hydrogen) atoms. The van der Waals surface area contributed by atoms with Gasteiger partial charge in [0.25, 0.3) is 0 Å². The Bertz CT molecular complexity index is 620. The Balaban J connectivity index is 1.58. The average Bonchev–Trinajstić information content (AvgIpc) is 3.04. The summed E-state index contributed by atoms with van der Waals surface area (Å²) >= 11 is 5.28. The maximum atomic E-state index is 5.54. The molecule has 2 N–H and O–H groups in total. The summed E-state index contributed by atoms with van der Waals surface area (Å²) in [6.07, 6.45) is 2.50. The first-order chi connectivity index (χ1) is 9.70. The number of anilines is 1. The highest BCUT2D eigenvalue weighted by Crippen LogP contribution is 2.19. The van der Waals surface area contributed by atoms with Gasteiger partial charge >= 0.3 is 0 Å². The highest BCUT2D eigenvalue weighted by Gasteiger charge is 2.15. The molecule has 6 heteroatoms. The van der Waals surface area contributed by atoms with Crippen LogP contribution in [0.1, 0.15) is 18.7 Å². The molecule has 0 unspecified atom stereocenters. The minimum atomic E-state index is 0.274. The van der Waals surface area contributed by atoms with Gasteiger partial charge in [-0.1, -0.05) is 0 Å². The maximum Gasteiger partial charge on any atom is 0.192 e. The van der Waals surface area contributed by atoms with E-state index in [0.29, 0.717) is 11.0 Å². The monoisotopic (exact) mass is 291 g/mol. The van der Waals surface area contributed by atoms with E-state index in [9.17, 15) is 0 Å². The van der Waals surface area contributed by atoms with E-state index in [1.54, 1.807) is 0 Å². The van der Waals surface area contributed by atoms with Crippen LogP contribution in [0.25, 0.3) is 11.1 Å². The largest absolute Gasteiger partial charge is 0.441 e. The van der Waals surface area contributed by atoms with E-state index in [2.05, 4.69) is 15.6 Å². The Morgan fingerprint density at radius 1 is 1.50 bits per heavy atom. The summed E-state index contributed by atoms with van der Waals surface area (Å²) in [4.78, 5) is 4.30. The summed E-state index contributed by atoms with van der Waals surface area (Å²) in [5.74, 6) is 0.663. The molecule has 3 rings (SSSR count). The second-order valence-corrected chi connectivity index (χ2v) is 5.29. The lowest BCUT2D eigenvalue weighted by Gasteiger charge is -2.13. The van der Waals surface area contributed by atoms with E-state index in [1.807, 2.05) is 25.1 Å². The third kappa shape index (κ3) is 3.08. The second kappa shape index (κ2) is 5.76. The zero-order chi connectivity index (χ0) is 13.9. The SMILES string of the molecule is Cc1nc2cc(NC(=S)NC[C@H]3CCCO3)ccc2o1. The highest BCUT2D eigenvalue weighted by atomic mass is 32.1. The normalized spacial score (nSPS) is 18.4. The number of nitrogens with zero attached hydrogens (tertiary/aromatic N) is 1. The van der Waals surface area contributed by atoms with Gasteiger partial charge in [0.1, 0.15) is 5.52 Å². The van der Waals surface area contributed by atoms with Crippen LogP contribution in [0.15, 0.2) is 22.6 Å². The van der Waals surface area contributed by atoms with Crippen molar-refractivity contribution in [2.45, 2.75) is 25.9 Å². The van der Waals surface area contributed by atoms with E-state index in [4.69, 9.17) is 21.4 Å². The van der Waals surface area contributed by atoms with Gasteiger partial charge in [-0.25, -0.2) is 4.98 Å². The first-order valence-corrected chi connectivity index (χ1v) is 7.15. The van der Waals surface area contributed by atoms with Crippen molar-refractivity contribution in [2.75, 3.05) is 18.5 Å². The van der Waals surface area contributed by atoms with Gasteiger partial charge in [-0.2, -0.15) is 0 Å². The smallest absolute Gasteiger partial charge is 0.192 e. The lowest BCUT2D eigenvalue weighted by molar-refractivity contribution is 0.114. The topological polar surface area (TPSA) is 59.3 Å². The van der Waals surface area contributed by atoms with Crippen LogP contribution in [0.5, 0.6) is 0 Å². The third-order valence-corrected chi connectivity index (χ3v) is 3.51. The van der Waals surface area contributed by atoms with Crippen molar-refractivity contribution in [2.24, 2.45) is 0 Å². The van der Waals surface area contributed by atoms with Crippen LogP contribution in [-0.2, 0) is 4.74 Å². The molecule has 1 atom stereocenters. The Morgan fingerprint density at radius 3 is 3.20 bits per heavy atom. The standard InChI is InChI=1S/C14H17N3O2S/c1-9-16-12-7-10(4-5-13(12)19-9)17-14(20)15-8-11-3-2-6-18-11/h4-5,7,11H,2-3,6,8H2,1H3,(H2,15,17,20)/t11-/m1/s1. The third-order valence-electron chi connectivity index (χ3n) is 3.27. The molecule has 1 aromatic heterocycles. The van der Waals surface area contributed by atoms with Crippen molar-refractivity contribution in [3.8, 4) is 0 Å². The first-order valence-electron chi connectivity index (χ1n) is 6.74. The molecule has 0 radical (unpaired) electrons. The van der Waals surface area contributed by atoms with Gasteiger partial charge in [-0.15, -0.1) is 0 Å². The molecule has 1 aromatic carbocycles. The minimum absolute atomic E-state index is 0.274. The zero-order valence-electron chi connectivity index (χ0n) is 11.3. The van der Waals surface area contributed by atoms with Crippen molar-refractivity contribution in [1.82, 2.24) is 10.3 Å². The average molecular weight is 291 g/mol. The van der Waals surface area contributed by atoms with E-state index in [1.165, 1.54) is 0 Å². The maximum absolute atomic E-state index is 5.54. The predicted molar refractivity (Wildman–Crippen MR) is 81.9 cm³/mol. The molecule has 2 aromatic rings. The van der Waals surface area contributed by atoms with Crippen LogP contribution in [0.2, 0.25) is 0 Å². The molecule has 106 valence electrons. The number of ether oxygens (including phenoxy) is 1. The quantitative estimate of drug-likeness (QED) is 0.848. The summed E-state index contributed by atoms with van der Waals surface area (Å²) in [6, 6.07) is 5.74. The lowest BCUT2D eigenvalue weighted by atomic mass is 10.2. The van der Waals surface area contributed by atoms with Crippen LogP contribution < -0.4 is 10.6 Å². The molecular weight excluding hydrogens is 274 g/mol. The summed E-state index contributed by atoms with van der Waals surface area (Å²) in [7, 11) is 0. The Labute approximate surface area is 122 Å². The summed E-state index contributed by atoms with van der Waals surface area (Å²) in [5, 5.41) is 6.93. The van der Waals surface area contributed by atoms with Crippen LogP contribution in [-0.4, -0.2) is 29.4 Å². The Hall–Kier alpha value is -1.66. The molecule has 1 saturated heterocycles. The molecular formula is C14H17N3O2S. The first kappa shape index (κ1) is 13.3. The molecule has 1 aliphatic heterocycles. The van der Waals surface area contributed by atoms with Crippen molar-refractivity contribution in [3.05, 3.63) is 24.1 Å². The van der Waals surface area contributed by atoms with E-state index >= 15 is 0 Å². The molecule has 2 heterocycles. The molecule has 0 spiro atoms. The molecule has 0 aliphatic carbocycles. The summed E-state index contributed by atoms with van der Waals surface area (Å²) in [5.41, 5.74) is 2.51. The Morgan fingerprint density at radius 2 is 2.40 bits per heavy atom. The van der Waals surface area contributed by atoms with Gasteiger partial charge in [-0.3, -0.25) is 0 Å². The number of benzene rings is 1. The number of rotatable bonds is 3. The summed E-state index contributed by atoms with van der Waals surface area (Å²) in [6.45, 7) is 3.44. The number of aromatic nitrogens is 1. The fraction of sp³-hybridized carbons (Fsp3) is 0.429. The minimum Gasteiger partial charge on any atom is -0.441 e. The zero-order valence-corrected chi connectivity index (χ0v) is 12.1. The predicted octanol–water partition coefficient (Wildman–Crippen LogP) is 2.60. The van der Waals surface area contributed by atoms with Crippen molar-refractivity contribution in [3.63, 3.8) is 0 Å². The number of oxazole rings is 1. The summed E-state index contributed by atoms with van der Waals surface area (Å²) < 4.78 is 11.0. The molecule has 0 saturated carbocycles. The van der Waals surface area contributed by atoms with Crippen LogP contribution >= 0.6 is 12.2 Å². The van der Waals surface area contributed by atoms with Gasteiger partial charge in [0, 0.05) is 25.8 Å². The fourth-order valence-corrected chi connectivity index (χ4v) is 2.51. The highest BCUT2D eigenvalue weighted by molar-refractivity contribution is 7.80. The van der Waals surface area contributed by atoms with E-state index in [0.717, 1.165) is 42.8 Å². The van der Waals surface area contributed by atoms with Crippen molar-refractivity contribution in [1.29, 1.82) is 0 Å². The Kier molecular flexibility index (Phi) is 3.84. The van der Waals surface area contributed by atoms with Gasteiger partial charge < -0.3 is 19.8 Å². The number of hydrogen-bond acceptors (Lipinski definition) is 4. The van der Waals surface area contributed by atoms with Gasteiger partial charge in [0.15, 0.2) is 16.6 Å². The van der Waals surface area contributed by atoms with Crippen LogP contribution in [0, 0.1) is 6.92 Å². The molecule has 5 nitrogen and oxygen atoms in total. The fourth-order valence-electron chi connectivity index (χ4n) is 2.31. The van der Waals surface area contributed by atoms with Gasteiger partial charge in [0.05, 0.1) is 6.10 Å². The van der Waals surface area contributed by atoms with Gasteiger partial charge in [0.2, 0.25) is 0 Å². The number of nitrogens with one attached hydrogen (secondary N) is 2. The molecule has 1 aliphatic rings. The lowest BCUT2D eigenvalue weighted by Crippen LogP contribution is -2.34. The van der Waals surface area contributed by atoms with Crippen LogP contribution in [0.4, 0.5) is 5.69 Å². The number of fused-ring (bicyclic) bond motifs is 1. The molecule has 0 amide bonds. The van der Waals surface area contributed by atoms with E-state index in [-0.39, 0.29) is 6.10 Å².